The highest BCUT2D eigenvalue weighted by Gasteiger charge is 2.00. The number of nitrogens with two attached hydrogens (primary N) is 1. The van der Waals surface area contributed by atoms with E-state index in [1.807, 2.05) is 6.07 Å². The first-order valence-corrected chi connectivity index (χ1v) is 4.70. The van der Waals surface area contributed by atoms with Gasteiger partial charge in [-0.15, -0.1) is 0 Å². The van der Waals surface area contributed by atoms with Crippen molar-refractivity contribution in [1.29, 1.82) is 0 Å². The monoisotopic (exact) mass is 198 g/mol. The molecule has 1 heterocycles. The summed E-state index contributed by atoms with van der Waals surface area (Å²) in [7, 11) is 0. The third kappa shape index (κ3) is 3.43. The van der Waals surface area contributed by atoms with Gasteiger partial charge < -0.3 is 10.8 Å². The number of nitrogens with zero attached hydrogens (tertiary/aromatic N) is 1. The second-order valence-electron chi connectivity index (χ2n) is 2.39. The molecule has 4 nitrogen and oxygen atoms in total. The van der Waals surface area contributed by atoms with Gasteiger partial charge in [-0.1, -0.05) is 17.8 Å². The Bertz CT molecular complexity index is 287. The second-order valence-corrected chi connectivity index (χ2v) is 3.39. The maximum atomic E-state index is 10.2. The average molecular weight is 198 g/mol. The van der Waals surface area contributed by atoms with Crippen LogP contribution in [0.4, 0.5) is 0 Å². The van der Waals surface area contributed by atoms with E-state index in [1.54, 1.807) is 12.3 Å². The minimum Gasteiger partial charge on any atom is -0.481 e. The van der Waals surface area contributed by atoms with Crippen LogP contribution in [0.2, 0.25) is 0 Å². The lowest BCUT2D eigenvalue weighted by Crippen LogP contribution is -1.99. The van der Waals surface area contributed by atoms with Crippen molar-refractivity contribution in [1.82, 2.24) is 4.98 Å². The second kappa shape index (κ2) is 4.84. The molecular weight excluding hydrogens is 188 g/mol. The van der Waals surface area contributed by atoms with Crippen LogP contribution in [-0.2, 0) is 11.3 Å². The molecule has 0 atom stereocenters. The van der Waals surface area contributed by atoms with Gasteiger partial charge >= 0.3 is 5.97 Å². The normalized spacial score (nSPS) is 9.92. The third-order valence-corrected chi connectivity index (χ3v) is 2.31. The molecular formula is C8H10N2O2S. The number of pyridine rings is 1. The van der Waals surface area contributed by atoms with Gasteiger partial charge in [0.15, 0.2) is 0 Å². The minimum absolute atomic E-state index is 0.0367. The first-order valence-electron chi connectivity index (χ1n) is 3.72. The lowest BCUT2D eigenvalue weighted by Gasteiger charge is -1.98. The van der Waals surface area contributed by atoms with Crippen LogP contribution in [0.15, 0.2) is 23.4 Å². The molecule has 3 N–H and O–H groups in total. The first-order chi connectivity index (χ1) is 6.22. The molecule has 0 fully saturated rings. The predicted molar refractivity (Wildman–Crippen MR) is 50.5 cm³/mol. The Morgan fingerprint density at radius 3 is 2.85 bits per heavy atom. The summed E-state index contributed by atoms with van der Waals surface area (Å²) in [5.41, 5.74) is 6.33. The molecule has 70 valence electrons. The standard InChI is InChI=1S/C8H10N2O2S/c9-3-6-1-2-7(10-4-6)13-5-8(11)12/h1-2,4H,3,5,9H2,(H,11,12). The van der Waals surface area contributed by atoms with Gasteiger partial charge in [-0.2, -0.15) is 0 Å². The van der Waals surface area contributed by atoms with Crippen molar-refractivity contribution in [3.05, 3.63) is 23.9 Å². The zero-order chi connectivity index (χ0) is 9.68. The molecule has 5 heteroatoms. The summed E-state index contributed by atoms with van der Waals surface area (Å²) in [5, 5.41) is 9.11. The molecule has 0 bridgehead atoms. The Hall–Kier alpha value is -1.07. The molecule has 0 amide bonds. The van der Waals surface area contributed by atoms with Gasteiger partial charge in [-0.25, -0.2) is 4.98 Å². The van der Waals surface area contributed by atoms with Gasteiger partial charge in [0.25, 0.3) is 0 Å². The largest absolute Gasteiger partial charge is 0.481 e. The summed E-state index contributed by atoms with van der Waals surface area (Å²) >= 11 is 1.20. The molecule has 0 unspecified atom stereocenters. The molecule has 0 radical (unpaired) electrons. The molecule has 1 aromatic rings. The van der Waals surface area contributed by atoms with Crippen LogP contribution in [0.1, 0.15) is 5.56 Å². The number of aromatic nitrogens is 1. The fraction of sp³-hybridized carbons (Fsp3) is 0.250. The smallest absolute Gasteiger partial charge is 0.313 e. The van der Waals surface area contributed by atoms with Crippen molar-refractivity contribution < 1.29 is 9.90 Å². The molecule has 0 saturated heterocycles. The van der Waals surface area contributed by atoms with E-state index in [4.69, 9.17) is 10.8 Å². The molecule has 0 aromatic carbocycles. The Labute approximate surface area is 80.2 Å². The van der Waals surface area contributed by atoms with E-state index in [1.165, 1.54) is 11.8 Å². The highest BCUT2D eigenvalue weighted by atomic mass is 32.2. The Balaban J connectivity index is 2.54. The summed E-state index contributed by atoms with van der Waals surface area (Å²) in [4.78, 5) is 14.3. The van der Waals surface area contributed by atoms with Gasteiger partial charge in [0, 0.05) is 12.7 Å². The van der Waals surface area contributed by atoms with Crippen molar-refractivity contribution in [3.63, 3.8) is 0 Å². The quantitative estimate of drug-likeness (QED) is 0.697. The van der Waals surface area contributed by atoms with Crippen LogP contribution in [0, 0.1) is 0 Å². The number of hydrogen-bond donors (Lipinski definition) is 2. The zero-order valence-electron chi connectivity index (χ0n) is 6.93. The van der Waals surface area contributed by atoms with Gasteiger partial charge in [0.2, 0.25) is 0 Å². The number of rotatable bonds is 4. The highest BCUT2D eigenvalue weighted by molar-refractivity contribution is 7.99. The van der Waals surface area contributed by atoms with Crippen LogP contribution in [-0.4, -0.2) is 21.8 Å². The number of thioether (sulfide) groups is 1. The molecule has 0 aliphatic rings. The van der Waals surface area contributed by atoms with E-state index in [0.29, 0.717) is 11.6 Å². The number of aliphatic carboxylic acids is 1. The van der Waals surface area contributed by atoms with E-state index in [2.05, 4.69) is 4.98 Å². The van der Waals surface area contributed by atoms with Gasteiger partial charge in [0.1, 0.15) is 0 Å². The number of carboxylic acid groups (broad SMARTS) is 1. The fourth-order valence-electron chi connectivity index (χ4n) is 0.753. The summed E-state index contributed by atoms with van der Waals surface area (Å²) in [6.45, 7) is 0.455. The van der Waals surface area contributed by atoms with E-state index in [0.717, 1.165) is 5.56 Å². The molecule has 1 aromatic heterocycles. The number of carbonyl (C=O) groups is 1. The summed E-state index contributed by atoms with van der Waals surface area (Å²) in [6.07, 6.45) is 1.66. The van der Waals surface area contributed by atoms with Crippen molar-refractivity contribution in [2.24, 2.45) is 5.73 Å². The first kappa shape index (κ1) is 10.0. The molecule has 0 saturated carbocycles. The summed E-state index contributed by atoms with van der Waals surface area (Å²) in [6, 6.07) is 3.62. The van der Waals surface area contributed by atoms with E-state index >= 15 is 0 Å². The van der Waals surface area contributed by atoms with Gasteiger partial charge in [-0.05, 0) is 11.6 Å². The number of hydrogen-bond acceptors (Lipinski definition) is 4. The van der Waals surface area contributed by atoms with Crippen molar-refractivity contribution in [3.8, 4) is 0 Å². The number of carboxylic acids is 1. The van der Waals surface area contributed by atoms with E-state index < -0.39 is 5.97 Å². The molecule has 13 heavy (non-hydrogen) atoms. The van der Waals surface area contributed by atoms with E-state index in [-0.39, 0.29) is 5.75 Å². The topological polar surface area (TPSA) is 76.2 Å². The predicted octanol–water partition coefficient (Wildman–Crippen LogP) is 0.717. The Morgan fingerprint density at radius 2 is 2.38 bits per heavy atom. The van der Waals surface area contributed by atoms with E-state index in [9.17, 15) is 4.79 Å². The van der Waals surface area contributed by atoms with Crippen molar-refractivity contribution in [2.45, 2.75) is 11.6 Å². The molecule has 0 aliphatic heterocycles. The van der Waals surface area contributed by atoms with Crippen molar-refractivity contribution in [2.75, 3.05) is 5.75 Å². The zero-order valence-corrected chi connectivity index (χ0v) is 7.75. The lowest BCUT2D eigenvalue weighted by molar-refractivity contribution is -0.133. The molecule has 1 rings (SSSR count). The highest BCUT2D eigenvalue weighted by Crippen LogP contribution is 2.14. The fourth-order valence-corrected chi connectivity index (χ4v) is 1.32. The minimum atomic E-state index is -0.838. The maximum absolute atomic E-state index is 10.2. The Kier molecular flexibility index (Phi) is 3.72. The van der Waals surface area contributed by atoms with Crippen LogP contribution in [0.25, 0.3) is 0 Å². The Morgan fingerprint density at radius 1 is 1.62 bits per heavy atom. The summed E-state index contributed by atoms with van der Waals surface area (Å²) < 4.78 is 0. The molecule has 0 spiro atoms. The average Bonchev–Trinajstić information content (AvgIpc) is 2.15. The maximum Gasteiger partial charge on any atom is 0.313 e. The van der Waals surface area contributed by atoms with Crippen LogP contribution < -0.4 is 5.73 Å². The lowest BCUT2D eigenvalue weighted by atomic mass is 10.3. The van der Waals surface area contributed by atoms with Crippen LogP contribution >= 0.6 is 11.8 Å². The van der Waals surface area contributed by atoms with Gasteiger partial charge in [0.05, 0.1) is 10.8 Å². The third-order valence-electron chi connectivity index (χ3n) is 1.38. The van der Waals surface area contributed by atoms with Crippen molar-refractivity contribution >= 4 is 17.7 Å². The SMILES string of the molecule is NCc1ccc(SCC(=O)O)nc1. The van der Waals surface area contributed by atoms with Crippen LogP contribution in [0.3, 0.4) is 0 Å². The van der Waals surface area contributed by atoms with Gasteiger partial charge in [-0.3, -0.25) is 4.79 Å². The van der Waals surface area contributed by atoms with Crippen LogP contribution in [0.5, 0.6) is 0 Å². The summed E-state index contributed by atoms with van der Waals surface area (Å²) in [5.74, 6) is -0.802. The molecule has 0 aliphatic carbocycles.